The molecule has 0 fully saturated rings. The number of hydrogen-bond acceptors (Lipinski definition) is 6. The first-order chi connectivity index (χ1) is 17.8. The molecule has 4 rings (SSSR count). The molecule has 0 unspecified atom stereocenters. The Kier molecular flexibility index (Phi) is 8.13. The molecule has 4 aromatic rings. The highest BCUT2D eigenvalue weighted by Crippen LogP contribution is 2.29. The number of anilines is 1. The normalized spacial score (nSPS) is 11.2. The molecule has 0 spiro atoms. The molecule has 6 N–H and O–H groups in total. The van der Waals surface area contributed by atoms with E-state index in [9.17, 15) is 9.59 Å². The van der Waals surface area contributed by atoms with E-state index < -0.39 is 0 Å². The molecule has 1 heterocycles. The molecule has 0 aliphatic carbocycles. The van der Waals surface area contributed by atoms with Crippen LogP contribution in [0.2, 0.25) is 0 Å². The van der Waals surface area contributed by atoms with Crippen molar-refractivity contribution in [2.45, 2.75) is 25.8 Å². The van der Waals surface area contributed by atoms with Gasteiger partial charge in [-0.05, 0) is 46.5 Å². The van der Waals surface area contributed by atoms with Crippen LogP contribution in [-0.4, -0.2) is 29.9 Å². The number of benzene rings is 3. The van der Waals surface area contributed by atoms with Crippen molar-refractivity contribution in [3.63, 3.8) is 0 Å². The fourth-order valence-electron chi connectivity index (χ4n) is 3.83. The zero-order valence-electron chi connectivity index (χ0n) is 21.0. The van der Waals surface area contributed by atoms with Crippen molar-refractivity contribution in [3.05, 3.63) is 94.9 Å². The van der Waals surface area contributed by atoms with Gasteiger partial charge in [0.1, 0.15) is 0 Å². The average molecular weight is 514 g/mol. The van der Waals surface area contributed by atoms with Crippen LogP contribution in [0.15, 0.2) is 78.2 Å². The Morgan fingerprint density at radius 1 is 0.919 bits per heavy atom. The van der Waals surface area contributed by atoms with E-state index in [1.807, 2.05) is 67.8 Å². The predicted molar refractivity (Wildman–Crippen MR) is 150 cm³/mol. The first kappa shape index (κ1) is 26.2. The fourth-order valence-corrected chi connectivity index (χ4v) is 4.56. The summed E-state index contributed by atoms with van der Waals surface area (Å²) in [5.41, 5.74) is 17.8. The minimum atomic E-state index is -0.347. The van der Waals surface area contributed by atoms with Gasteiger partial charge in [-0.2, -0.15) is 0 Å². The minimum absolute atomic E-state index is 0.161. The van der Waals surface area contributed by atoms with Crippen LogP contribution < -0.4 is 22.1 Å². The van der Waals surface area contributed by atoms with Gasteiger partial charge in [-0.1, -0.05) is 62.4 Å². The lowest BCUT2D eigenvalue weighted by molar-refractivity contribution is -0.115. The maximum Gasteiger partial charge on any atom is 0.251 e. The van der Waals surface area contributed by atoms with Crippen LogP contribution in [0.4, 0.5) is 5.13 Å². The Morgan fingerprint density at radius 3 is 2.38 bits per heavy atom. The molecule has 0 aliphatic heterocycles. The van der Waals surface area contributed by atoms with Gasteiger partial charge in [0.2, 0.25) is 5.91 Å². The molecule has 7 nitrogen and oxygen atoms in total. The highest BCUT2D eigenvalue weighted by atomic mass is 32.1. The summed E-state index contributed by atoms with van der Waals surface area (Å²) in [5.74, 6) is -0.666. The third-order valence-corrected chi connectivity index (χ3v) is 6.99. The van der Waals surface area contributed by atoms with Gasteiger partial charge in [-0.25, -0.2) is 4.98 Å². The molecular formula is C29H31N5O2S. The Balaban J connectivity index is 1.38. The summed E-state index contributed by atoms with van der Waals surface area (Å²) in [6.07, 6.45) is 0. The van der Waals surface area contributed by atoms with E-state index in [2.05, 4.69) is 33.8 Å². The summed E-state index contributed by atoms with van der Waals surface area (Å²) < 4.78 is 0. The van der Waals surface area contributed by atoms with Crippen LogP contribution in [0.5, 0.6) is 0 Å². The number of aromatic nitrogens is 1. The number of rotatable bonds is 9. The maximum atomic E-state index is 12.6. The third-order valence-electron chi connectivity index (χ3n) is 6.23. The third kappa shape index (κ3) is 6.48. The summed E-state index contributed by atoms with van der Waals surface area (Å²) in [6.45, 7) is 4.83. The van der Waals surface area contributed by atoms with Crippen molar-refractivity contribution >= 4 is 28.3 Å². The number of amides is 2. The number of hydrogen-bond donors (Lipinski definition) is 4. The largest absolute Gasteiger partial charge is 0.343 e. The van der Waals surface area contributed by atoms with Crippen molar-refractivity contribution in [2.75, 3.05) is 18.4 Å². The molecule has 0 atom stereocenters. The number of nitrogens with zero attached hydrogens (tertiary/aromatic N) is 1. The van der Waals surface area contributed by atoms with Gasteiger partial charge in [0.05, 0.1) is 12.2 Å². The molecule has 190 valence electrons. The van der Waals surface area contributed by atoms with Gasteiger partial charge in [0, 0.05) is 35.0 Å². The van der Waals surface area contributed by atoms with Gasteiger partial charge < -0.3 is 22.1 Å². The predicted octanol–water partition coefficient (Wildman–Crippen LogP) is 4.54. The van der Waals surface area contributed by atoms with E-state index in [1.165, 1.54) is 11.3 Å². The number of carbonyl (C=O) groups is 2. The van der Waals surface area contributed by atoms with Crippen molar-refractivity contribution in [1.29, 1.82) is 0 Å². The number of nitrogens with two attached hydrogens (primary N) is 2. The molecule has 8 heteroatoms. The second kappa shape index (κ2) is 11.5. The summed E-state index contributed by atoms with van der Waals surface area (Å²) in [6, 6.07) is 23.5. The summed E-state index contributed by atoms with van der Waals surface area (Å²) >= 11 is 1.33. The molecule has 0 aliphatic rings. The number of carbonyl (C=O) groups excluding carboxylic acids is 2. The summed E-state index contributed by atoms with van der Waals surface area (Å²) in [4.78, 5) is 29.6. The van der Waals surface area contributed by atoms with Gasteiger partial charge in [0.15, 0.2) is 5.13 Å². The first-order valence-electron chi connectivity index (χ1n) is 12.0. The quantitative estimate of drug-likeness (QED) is 0.262. The average Bonchev–Trinajstić information content (AvgIpc) is 3.40. The van der Waals surface area contributed by atoms with Crippen LogP contribution in [0, 0.1) is 0 Å². The standard InChI is InChI=1S/C29H31N5O2S/c1-29(2,18-31)24-11-5-10-23(14-24)27(36)32-16-26(35)34-28-33-25(17-37-28)22-9-4-8-21(13-22)20-7-3-6-19(12-20)15-30/h3-14,17H,15-16,18,30-31H2,1-2H3,(H,32,36)(H,33,34,35). The van der Waals surface area contributed by atoms with Crippen LogP contribution in [0.25, 0.3) is 22.4 Å². The second-order valence-electron chi connectivity index (χ2n) is 9.42. The molecule has 0 saturated heterocycles. The maximum absolute atomic E-state index is 12.6. The van der Waals surface area contributed by atoms with Crippen LogP contribution in [0.1, 0.15) is 35.3 Å². The van der Waals surface area contributed by atoms with Crippen molar-refractivity contribution < 1.29 is 9.59 Å². The van der Waals surface area contributed by atoms with Gasteiger partial charge in [0.25, 0.3) is 5.91 Å². The number of nitrogens with one attached hydrogen (secondary N) is 2. The smallest absolute Gasteiger partial charge is 0.251 e. The molecule has 37 heavy (non-hydrogen) atoms. The van der Waals surface area contributed by atoms with E-state index in [-0.39, 0.29) is 23.8 Å². The highest BCUT2D eigenvalue weighted by Gasteiger charge is 2.20. The summed E-state index contributed by atoms with van der Waals surface area (Å²) in [5, 5.41) is 7.81. The van der Waals surface area contributed by atoms with E-state index in [0.29, 0.717) is 23.8 Å². The van der Waals surface area contributed by atoms with E-state index >= 15 is 0 Å². The number of thiazole rings is 1. The van der Waals surface area contributed by atoms with Crippen molar-refractivity contribution in [2.24, 2.45) is 11.5 Å². The monoisotopic (exact) mass is 513 g/mol. The molecule has 0 saturated carbocycles. The molecule has 2 amide bonds. The topological polar surface area (TPSA) is 123 Å². The van der Waals surface area contributed by atoms with Crippen LogP contribution in [0.3, 0.4) is 0 Å². The van der Waals surface area contributed by atoms with Gasteiger partial charge in [-0.15, -0.1) is 11.3 Å². The highest BCUT2D eigenvalue weighted by molar-refractivity contribution is 7.14. The first-order valence-corrected chi connectivity index (χ1v) is 12.9. The SMILES string of the molecule is CC(C)(CN)c1cccc(C(=O)NCC(=O)Nc2nc(-c3cccc(-c4cccc(CN)c4)c3)cs2)c1. The van der Waals surface area contributed by atoms with E-state index in [1.54, 1.807) is 6.07 Å². The van der Waals surface area contributed by atoms with Gasteiger partial charge >= 0.3 is 0 Å². The molecular weight excluding hydrogens is 482 g/mol. The lowest BCUT2D eigenvalue weighted by atomic mass is 9.84. The van der Waals surface area contributed by atoms with E-state index in [0.717, 1.165) is 33.5 Å². The Hall–Kier alpha value is -3.85. The van der Waals surface area contributed by atoms with E-state index in [4.69, 9.17) is 11.5 Å². The lowest BCUT2D eigenvalue weighted by Gasteiger charge is -2.23. The molecule has 0 radical (unpaired) electrons. The second-order valence-corrected chi connectivity index (χ2v) is 10.3. The molecule has 1 aromatic heterocycles. The van der Waals surface area contributed by atoms with Crippen molar-refractivity contribution in [1.82, 2.24) is 10.3 Å². The Morgan fingerprint density at radius 2 is 1.62 bits per heavy atom. The Bertz CT molecular complexity index is 1410. The van der Waals surface area contributed by atoms with Gasteiger partial charge in [-0.3, -0.25) is 9.59 Å². The zero-order valence-corrected chi connectivity index (χ0v) is 21.8. The summed E-state index contributed by atoms with van der Waals surface area (Å²) in [7, 11) is 0. The Labute approximate surface area is 220 Å². The fraction of sp³-hybridized carbons (Fsp3) is 0.207. The minimum Gasteiger partial charge on any atom is -0.343 e. The van der Waals surface area contributed by atoms with Crippen molar-refractivity contribution in [3.8, 4) is 22.4 Å². The van der Waals surface area contributed by atoms with Crippen LogP contribution in [-0.2, 0) is 16.8 Å². The molecule has 0 bridgehead atoms. The zero-order chi connectivity index (χ0) is 26.4. The van der Waals surface area contributed by atoms with Crippen LogP contribution >= 0.6 is 11.3 Å². The lowest BCUT2D eigenvalue weighted by Crippen LogP contribution is -2.33. The molecule has 3 aromatic carbocycles.